The highest BCUT2D eigenvalue weighted by Gasteiger charge is 2.46. The molecule has 13 heteroatoms. The summed E-state index contributed by atoms with van der Waals surface area (Å²) in [6.45, 7) is 0.936. The van der Waals surface area contributed by atoms with E-state index in [2.05, 4.69) is 40.1 Å². The van der Waals surface area contributed by atoms with E-state index >= 15 is 0 Å². The molecule has 0 radical (unpaired) electrons. The average Bonchev–Trinajstić information content (AvgIpc) is 3.24. The van der Waals surface area contributed by atoms with Gasteiger partial charge >= 0.3 is 12.1 Å². The van der Waals surface area contributed by atoms with Crippen molar-refractivity contribution in [3.05, 3.63) is 43.0 Å². The fraction of sp³-hybridized carbons (Fsp3) is 0.364. The van der Waals surface area contributed by atoms with E-state index in [1.54, 1.807) is 6.07 Å². The van der Waals surface area contributed by atoms with Crippen molar-refractivity contribution in [2.75, 3.05) is 6.54 Å². The van der Waals surface area contributed by atoms with Gasteiger partial charge in [-0.1, -0.05) is 5.21 Å². The molecule has 4 aromatic heterocycles. The maximum absolute atomic E-state index is 12.9. The third-order valence-electron chi connectivity index (χ3n) is 6.52. The lowest BCUT2D eigenvalue weighted by atomic mass is 9.97. The van der Waals surface area contributed by atoms with Crippen LogP contribution in [0.2, 0.25) is 0 Å². The van der Waals surface area contributed by atoms with Gasteiger partial charge in [-0.05, 0) is 44.4 Å². The Bertz CT molecular complexity index is 1410. The summed E-state index contributed by atoms with van der Waals surface area (Å²) < 4.78 is 46.9. The Balaban J connectivity index is 1.37. The van der Waals surface area contributed by atoms with E-state index in [-0.39, 0.29) is 22.6 Å². The standard InChI is InChI=1S/C22H19F3N8O2/c23-22(24,25)20(34)35-17-10-15(33-8-6-28-31-33)12-26-18(17)16-9-13-2-7-32(19(13)30-29-16)14-1-5-27-21(11-14)3-4-21/h2,6-10,12,14,27H,1,3-5,11H2/t14-/m0/s1. The molecule has 1 aliphatic heterocycles. The molecule has 180 valence electrons. The van der Waals surface area contributed by atoms with Crippen LogP contribution in [0.3, 0.4) is 0 Å². The molecule has 10 nitrogen and oxygen atoms in total. The predicted octanol–water partition coefficient (Wildman–Crippen LogP) is 3.00. The lowest BCUT2D eigenvalue weighted by molar-refractivity contribution is -0.189. The third kappa shape index (κ3) is 4.01. The first kappa shape index (κ1) is 21.6. The Morgan fingerprint density at radius 1 is 1.20 bits per heavy atom. The summed E-state index contributed by atoms with van der Waals surface area (Å²) in [6, 6.07) is 5.08. The molecule has 0 unspecified atom stereocenters. The van der Waals surface area contributed by atoms with Crippen molar-refractivity contribution in [1.29, 1.82) is 0 Å². The lowest BCUT2D eigenvalue weighted by Gasteiger charge is -2.31. The predicted molar refractivity (Wildman–Crippen MR) is 116 cm³/mol. The molecule has 2 fully saturated rings. The second kappa shape index (κ2) is 7.83. The largest absolute Gasteiger partial charge is 0.491 e. The van der Waals surface area contributed by atoms with Crippen LogP contribution in [0.1, 0.15) is 31.7 Å². The van der Waals surface area contributed by atoms with Gasteiger partial charge in [0.05, 0.1) is 24.3 Å². The third-order valence-corrected chi connectivity index (χ3v) is 6.52. The van der Waals surface area contributed by atoms with E-state index in [1.165, 1.54) is 42.2 Å². The van der Waals surface area contributed by atoms with Crippen molar-refractivity contribution >= 4 is 17.0 Å². The highest BCUT2D eigenvalue weighted by Crippen LogP contribution is 2.46. The van der Waals surface area contributed by atoms with E-state index < -0.39 is 17.9 Å². The Hall–Kier alpha value is -3.87. The van der Waals surface area contributed by atoms with Gasteiger partial charge in [-0.15, -0.1) is 15.3 Å². The van der Waals surface area contributed by atoms with E-state index in [9.17, 15) is 18.0 Å². The number of pyridine rings is 1. The van der Waals surface area contributed by atoms with Crippen molar-refractivity contribution in [2.24, 2.45) is 0 Å². The van der Waals surface area contributed by atoms with Crippen LogP contribution in [0.5, 0.6) is 5.75 Å². The summed E-state index contributed by atoms with van der Waals surface area (Å²) in [7, 11) is 0. The van der Waals surface area contributed by atoms with Crippen LogP contribution < -0.4 is 10.1 Å². The van der Waals surface area contributed by atoms with E-state index in [1.807, 2.05) is 12.3 Å². The number of rotatable bonds is 4. The number of esters is 1. The number of nitrogens with one attached hydrogen (secondary N) is 1. The molecular weight excluding hydrogens is 465 g/mol. The zero-order chi connectivity index (χ0) is 24.2. The monoisotopic (exact) mass is 484 g/mol. The first-order valence-corrected chi connectivity index (χ1v) is 11.1. The summed E-state index contributed by atoms with van der Waals surface area (Å²) in [6.07, 6.45) is 5.36. The van der Waals surface area contributed by atoms with Gasteiger partial charge in [-0.2, -0.15) is 13.2 Å². The SMILES string of the molecule is O=C(Oc1cc(-n2ccnn2)cnc1-c1cc2ccn([C@H]3CCNC4(CC4)C3)c2nn1)C(F)(F)F. The summed E-state index contributed by atoms with van der Waals surface area (Å²) >= 11 is 0. The van der Waals surface area contributed by atoms with Crippen LogP contribution in [0.25, 0.3) is 28.1 Å². The molecule has 0 amide bonds. The number of hydrogen-bond donors (Lipinski definition) is 1. The molecule has 0 aromatic carbocycles. The van der Waals surface area contributed by atoms with Gasteiger partial charge in [0, 0.05) is 29.2 Å². The molecule has 1 atom stereocenters. The number of nitrogens with zero attached hydrogens (tertiary/aromatic N) is 7. The quantitative estimate of drug-likeness (QED) is 0.440. The van der Waals surface area contributed by atoms with Crippen LogP contribution in [-0.4, -0.2) is 59.0 Å². The van der Waals surface area contributed by atoms with Gasteiger partial charge in [0.15, 0.2) is 11.4 Å². The summed E-state index contributed by atoms with van der Waals surface area (Å²) in [5.74, 6) is -2.78. The second-order valence-electron chi connectivity index (χ2n) is 8.86. The maximum Gasteiger partial charge on any atom is 0.491 e. The number of aromatic nitrogens is 7. The van der Waals surface area contributed by atoms with Crippen LogP contribution >= 0.6 is 0 Å². The average molecular weight is 484 g/mol. The van der Waals surface area contributed by atoms with Gasteiger partial charge in [0.1, 0.15) is 11.4 Å². The smallest absolute Gasteiger partial charge is 0.417 e. The molecular formula is C22H19F3N8O2. The molecule has 6 rings (SSSR count). The Labute approximate surface area is 196 Å². The van der Waals surface area contributed by atoms with Gasteiger partial charge in [-0.3, -0.25) is 0 Å². The normalized spacial score (nSPS) is 19.2. The minimum atomic E-state index is -5.18. The topological polar surface area (TPSA) is 113 Å². The molecule has 1 aliphatic carbocycles. The number of carbonyl (C=O) groups is 1. The van der Waals surface area contributed by atoms with Crippen LogP contribution in [0.15, 0.2) is 43.0 Å². The van der Waals surface area contributed by atoms with Crippen molar-refractivity contribution in [2.45, 2.75) is 43.4 Å². The van der Waals surface area contributed by atoms with Crippen LogP contribution in [-0.2, 0) is 4.79 Å². The first-order valence-electron chi connectivity index (χ1n) is 11.1. The number of carbonyl (C=O) groups excluding carboxylic acids is 1. The van der Waals surface area contributed by atoms with Crippen LogP contribution in [0.4, 0.5) is 13.2 Å². The number of hydrogen-bond acceptors (Lipinski definition) is 8. The molecule has 1 saturated heterocycles. The summed E-state index contributed by atoms with van der Waals surface area (Å²) in [5, 5.41) is 20.4. The highest BCUT2D eigenvalue weighted by atomic mass is 19.4. The number of halogens is 3. The number of piperidine rings is 1. The number of alkyl halides is 3. The van der Waals surface area contributed by atoms with Gasteiger partial charge < -0.3 is 14.6 Å². The molecule has 0 bridgehead atoms. The fourth-order valence-electron chi connectivity index (χ4n) is 4.60. The van der Waals surface area contributed by atoms with Crippen LogP contribution in [0, 0.1) is 0 Å². The molecule has 2 aliphatic rings. The van der Waals surface area contributed by atoms with Gasteiger partial charge in [-0.25, -0.2) is 14.5 Å². The molecule has 5 heterocycles. The molecule has 1 saturated carbocycles. The first-order chi connectivity index (χ1) is 16.8. The maximum atomic E-state index is 12.9. The minimum absolute atomic E-state index is 0.0487. The fourth-order valence-corrected chi connectivity index (χ4v) is 4.60. The van der Waals surface area contributed by atoms with Crippen molar-refractivity contribution in [3.63, 3.8) is 0 Å². The minimum Gasteiger partial charge on any atom is -0.417 e. The number of ether oxygens (including phenoxy) is 1. The van der Waals surface area contributed by atoms with Crippen molar-refractivity contribution in [3.8, 4) is 22.8 Å². The highest BCUT2D eigenvalue weighted by molar-refractivity contribution is 5.83. The summed E-state index contributed by atoms with van der Waals surface area (Å²) in [4.78, 5) is 15.8. The zero-order valence-corrected chi connectivity index (χ0v) is 18.2. The Morgan fingerprint density at radius 2 is 2.06 bits per heavy atom. The molecule has 35 heavy (non-hydrogen) atoms. The molecule has 1 spiro atoms. The lowest BCUT2D eigenvalue weighted by Crippen LogP contribution is -2.40. The number of fused-ring (bicyclic) bond motifs is 1. The molecule has 1 N–H and O–H groups in total. The van der Waals surface area contributed by atoms with E-state index in [4.69, 9.17) is 0 Å². The Kier molecular flexibility index (Phi) is 4.85. The second-order valence-corrected chi connectivity index (χ2v) is 8.86. The van der Waals surface area contributed by atoms with Gasteiger partial charge in [0.2, 0.25) is 0 Å². The Morgan fingerprint density at radius 3 is 2.80 bits per heavy atom. The van der Waals surface area contributed by atoms with E-state index in [0.29, 0.717) is 11.7 Å². The van der Waals surface area contributed by atoms with Gasteiger partial charge in [0.25, 0.3) is 0 Å². The van der Waals surface area contributed by atoms with Crippen molar-refractivity contribution < 1.29 is 22.7 Å². The summed E-state index contributed by atoms with van der Waals surface area (Å²) in [5.41, 5.74) is 1.31. The van der Waals surface area contributed by atoms with Crippen molar-refractivity contribution in [1.82, 2.24) is 40.1 Å². The zero-order valence-electron chi connectivity index (χ0n) is 18.2. The molecule has 4 aromatic rings. The van der Waals surface area contributed by atoms with E-state index in [0.717, 1.165) is 24.8 Å².